The quantitative estimate of drug-likeness (QED) is 0.935. The van der Waals surface area contributed by atoms with Gasteiger partial charge >= 0.3 is 0 Å². The standard InChI is InChI=1S/C19H26N4O/c1-19(24)9-10-23(18-12-17(22(2)3)20-14-21-18)13-16(19)11-15-7-5-4-6-8-15/h4-8,12,14,16,24H,9-11,13H2,1-3H3/t16-,19+/m1/s1. The molecule has 24 heavy (non-hydrogen) atoms. The number of nitrogens with zero attached hydrogens (tertiary/aromatic N) is 4. The summed E-state index contributed by atoms with van der Waals surface area (Å²) in [7, 11) is 3.95. The van der Waals surface area contributed by atoms with Crippen molar-refractivity contribution < 1.29 is 5.11 Å². The maximum atomic E-state index is 10.8. The predicted octanol–water partition coefficient (Wildman–Crippen LogP) is 2.36. The molecule has 2 aromatic rings. The van der Waals surface area contributed by atoms with Gasteiger partial charge in [0.15, 0.2) is 0 Å². The van der Waals surface area contributed by atoms with Crippen LogP contribution in [-0.2, 0) is 6.42 Å². The Bertz CT molecular complexity index is 672. The predicted molar refractivity (Wildman–Crippen MR) is 97.4 cm³/mol. The molecule has 5 heteroatoms. The van der Waals surface area contributed by atoms with E-state index in [-0.39, 0.29) is 5.92 Å². The summed E-state index contributed by atoms with van der Waals surface area (Å²) in [6.07, 6.45) is 3.23. The van der Waals surface area contributed by atoms with Crippen molar-refractivity contribution in [3.05, 3.63) is 48.3 Å². The van der Waals surface area contributed by atoms with Crippen LogP contribution in [0.1, 0.15) is 18.9 Å². The summed E-state index contributed by atoms with van der Waals surface area (Å²) in [6.45, 7) is 3.57. The van der Waals surface area contributed by atoms with Crippen molar-refractivity contribution in [3.8, 4) is 0 Å². The van der Waals surface area contributed by atoms with E-state index in [4.69, 9.17) is 0 Å². The third kappa shape index (κ3) is 3.67. The lowest BCUT2D eigenvalue weighted by molar-refractivity contribution is -0.0168. The van der Waals surface area contributed by atoms with Crippen LogP contribution < -0.4 is 9.80 Å². The number of rotatable bonds is 4. The van der Waals surface area contributed by atoms with E-state index >= 15 is 0 Å². The van der Waals surface area contributed by atoms with Crippen molar-refractivity contribution in [2.75, 3.05) is 37.0 Å². The van der Waals surface area contributed by atoms with Gasteiger partial charge in [0.1, 0.15) is 18.0 Å². The molecule has 1 fully saturated rings. The van der Waals surface area contributed by atoms with E-state index in [0.717, 1.165) is 37.6 Å². The van der Waals surface area contributed by atoms with Crippen molar-refractivity contribution in [1.29, 1.82) is 0 Å². The van der Waals surface area contributed by atoms with Gasteiger partial charge in [0.05, 0.1) is 5.60 Å². The SMILES string of the molecule is CN(C)c1cc(N2CC[C@](C)(O)[C@H](Cc3ccccc3)C2)ncn1. The first-order valence-corrected chi connectivity index (χ1v) is 8.46. The summed E-state index contributed by atoms with van der Waals surface area (Å²) >= 11 is 0. The number of hydrogen-bond acceptors (Lipinski definition) is 5. The normalized spacial score (nSPS) is 24.0. The van der Waals surface area contributed by atoms with Crippen LogP contribution in [0, 0.1) is 5.92 Å². The topological polar surface area (TPSA) is 52.5 Å². The number of aromatic nitrogens is 2. The highest BCUT2D eigenvalue weighted by molar-refractivity contribution is 5.49. The molecule has 0 saturated carbocycles. The highest BCUT2D eigenvalue weighted by Crippen LogP contribution is 2.32. The molecule has 3 rings (SSSR count). The van der Waals surface area contributed by atoms with Crippen molar-refractivity contribution in [3.63, 3.8) is 0 Å². The van der Waals surface area contributed by atoms with E-state index in [2.05, 4.69) is 39.1 Å². The Kier molecular flexibility index (Phi) is 4.71. The first-order chi connectivity index (χ1) is 11.5. The van der Waals surface area contributed by atoms with Gasteiger partial charge in [-0.25, -0.2) is 9.97 Å². The largest absolute Gasteiger partial charge is 0.390 e. The molecule has 1 N–H and O–H groups in total. The van der Waals surface area contributed by atoms with Crippen LogP contribution in [0.2, 0.25) is 0 Å². The second kappa shape index (κ2) is 6.77. The zero-order valence-electron chi connectivity index (χ0n) is 14.7. The molecule has 0 amide bonds. The molecule has 1 aromatic carbocycles. The molecule has 0 aliphatic carbocycles. The van der Waals surface area contributed by atoms with Gasteiger partial charge in [-0.1, -0.05) is 30.3 Å². The molecular weight excluding hydrogens is 300 g/mol. The summed E-state index contributed by atoms with van der Waals surface area (Å²) in [5, 5.41) is 10.8. The minimum absolute atomic E-state index is 0.173. The van der Waals surface area contributed by atoms with Crippen molar-refractivity contribution in [2.45, 2.75) is 25.4 Å². The lowest BCUT2D eigenvalue weighted by Gasteiger charge is -2.43. The zero-order chi connectivity index (χ0) is 17.2. The Hall–Kier alpha value is -2.14. The van der Waals surface area contributed by atoms with Crippen LogP contribution in [0.4, 0.5) is 11.6 Å². The third-order valence-electron chi connectivity index (χ3n) is 4.95. The zero-order valence-corrected chi connectivity index (χ0v) is 14.7. The molecule has 0 bridgehead atoms. The van der Waals surface area contributed by atoms with E-state index < -0.39 is 5.60 Å². The monoisotopic (exact) mass is 326 g/mol. The van der Waals surface area contributed by atoms with E-state index in [1.165, 1.54) is 5.56 Å². The molecule has 1 aromatic heterocycles. The minimum Gasteiger partial charge on any atom is -0.390 e. The lowest BCUT2D eigenvalue weighted by Crippen LogP contribution is -2.51. The van der Waals surface area contributed by atoms with Crippen LogP contribution in [0.15, 0.2) is 42.7 Å². The summed E-state index contributed by atoms with van der Waals surface area (Å²) in [5.74, 6) is 2.01. The van der Waals surface area contributed by atoms with Gasteiger partial charge in [0.2, 0.25) is 0 Å². The Morgan fingerprint density at radius 1 is 1.25 bits per heavy atom. The molecule has 128 valence electrons. The number of hydrogen-bond donors (Lipinski definition) is 1. The van der Waals surface area contributed by atoms with E-state index in [9.17, 15) is 5.11 Å². The summed E-state index contributed by atoms with van der Waals surface area (Å²) < 4.78 is 0. The Labute approximate surface area is 144 Å². The first-order valence-electron chi connectivity index (χ1n) is 8.46. The molecule has 5 nitrogen and oxygen atoms in total. The molecule has 0 unspecified atom stereocenters. The molecule has 2 atom stereocenters. The van der Waals surface area contributed by atoms with E-state index in [0.29, 0.717) is 0 Å². The lowest BCUT2D eigenvalue weighted by atomic mass is 9.79. The maximum Gasteiger partial charge on any atom is 0.134 e. The number of anilines is 2. The van der Waals surface area contributed by atoms with Crippen molar-refractivity contribution in [1.82, 2.24) is 9.97 Å². The fourth-order valence-electron chi connectivity index (χ4n) is 3.27. The average molecular weight is 326 g/mol. The molecule has 1 aliphatic rings. The van der Waals surface area contributed by atoms with Gasteiger partial charge < -0.3 is 14.9 Å². The number of aliphatic hydroxyl groups is 1. The van der Waals surface area contributed by atoms with Gasteiger partial charge in [-0.15, -0.1) is 0 Å². The van der Waals surface area contributed by atoms with Crippen LogP contribution >= 0.6 is 0 Å². The van der Waals surface area contributed by atoms with Crippen LogP contribution in [-0.4, -0.2) is 47.9 Å². The van der Waals surface area contributed by atoms with Gasteiger partial charge in [-0.2, -0.15) is 0 Å². The van der Waals surface area contributed by atoms with Crippen LogP contribution in [0.5, 0.6) is 0 Å². The molecular formula is C19H26N4O. The molecule has 2 heterocycles. The van der Waals surface area contributed by atoms with Gasteiger partial charge in [-0.3, -0.25) is 0 Å². The molecule has 1 aliphatic heterocycles. The second-order valence-corrected chi connectivity index (χ2v) is 7.07. The van der Waals surface area contributed by atoms with Gasteiger partial charge in [-0.05, 0) is 25.3 Å². The Balaban J connectivity index is 1.79. The second-order valence-electron chi connectivity index (χ2n) is 7.07. The third-order valence-corrected chi connectivity index (χ3v) is 4.95. The molecule has 1 saturated heterocycles. The fourth-order valence-corrected chi connectivity index (χ4v) is 3.27. The summed E-state index contributed by atoms with van der Waals surface area (Å²) in [5.41, 5.74) is 0.616. The van der Waals surface area contributed by atoms with Crippen molar-refractivity contribution in [2.24, 2.45) is 5.92 Å². The first kappa shape index (κ1) is 16.7. The van der Waals surface area contributed by atoms with Crippen LogP contribution in [0.25, 0.3) is 0 Å². The van der Waals surface area contributed by atoms with Crippen molar-refractivity contribution >= 4 is 11.6 Å². The van der Waals surface area contributed by atoms with E-state index in [1.54, 1.807) is 6.33 Å². The molecule has 0 radical (unpaired) electrons. The highest BCUT2D eigenvalue weighted by Gasteiger charge is 2.38. The number of piperidine rings is 1. The Morgan fingerprint density at radius 2 is 2.00 bits per heavy atom. The fraction of sp³-hybridized carbons (Fsp3) is 0.474. The van der Waals surface area contributed by atoms with Gasteiger partial charge in [0.25, 0.3) is 0 Å². The molecule has 0 spiro atoms. The number of benzene rings is 1. The van der Waals surface area contributed by atoms with E-state index in [1.807, 2.05) is 38.1 Å². The smallest absolute Gasteiger partial charge is 0.134 e. The van der Waals surface area contributed by atoms with Gasteiger partial charge in [0, 0.05) is 39.2 Å². The average Bonchev–Trinajstić information content (AvgIpc) is 2.58. The minimum atomic E-state index is -0.649. The highest BCUT2D eigenvalue weighted by atomic mass is 16.3. The summed E-state index contributed by atoms with van der Waals surface area (Å²) in [6, 6.07) is 12.4. The van der Waals surface area contributed by atoms with Crippen LogP contribution in [0.3, 0.4) is 0 Å². The summed E-state index contributed by atoms with van der Waals surface area (Å²) in [4.78, 5) is 13.0. The Morgan fingerprint density at radius 3 is 2.71 bits per heavy atom. The maximum absolute atomic E-state index is 10.8.